The third kappa shape index (κ3) is 7.39. The molecule has 0 aliphatic heterocycles. The number of alkyl halides is 3. The van der Waals surface area contributed by atoms with Crippen LogP contribution in [-0.4, -0.2) is 33.6 Å². The van der Waals surface area contributed by atoms with Gasteiger partial charge in [-0.25, -0.2) is 8.42 Å². The molecule has 1 aromatic rings. The van der Waals surface area contributed by atoms with Gasteiger partial charge in [0, 0.05) is 16.6 Å². The Hall–Kier alpha value is -0.790. The molecule has 0 spiro atoms. The van der Waals surface area contributed by atoms with Crippen molar-refractivity contribution in [3.8, 4) is 0 Å². The van der Waals surface area contributed by atoms with Crippen molar-refractivity contribution in [1.82, 2.24) is 0 Å². The molecule has 19 heavy (non-hydrogen) atoms. The Morgan fingerprint density at radius 1 is 1.21 bits per heavy atom. The SMILES string of the molecule is O=S(=O)(Cl)CC(COCC(F)(F)F)c1ccccc1. The van der Waals surface area contributed by atoms with Gasteiger partial charge in [-0.1, -0.05) is 30.3 Å². The molecule has 0 aliphatic carbocycles. The first kappa shape index (κ1) is 16.3. The number of halogens is 4. The van der Waals surface area contributed by atoms with E-state index in [2.05, 4.69) is 4.74 Å². The zero-order valence-electron chi connectivity index (χ0n) is 9.73. The first-order valence-electron chi connectivity index (χ1n) is 5.29. The summed E-state index contributed by atoms with van der Waals surface area (Å²) < 4.78 is 62.6. The molecule has 1 atom stereocenters. The Labute approximate surface area is 113 Å². The van der Waals surface area contributed by atoms with Crippen LogP contribution in [0.4, 0.5) is 13.2 Å². The van der Waals surface area contributed by atoms with Gasteiger partial charge in [0.2, 0.25) is 9.05 Å². The predicted molar refractivity (Wildman–Crippen MR) is 65.7 cm³/mol. The molecule has 0 aliphatic rings. The van der Waals surface area contributed by atoms with E-state index in [-0.39, 0.29) is 6.61 Å². The Kier molecular flexibility index (Phi) is 5.64. The van der Waals surface area contributed by atoms with Crippen LogP contribution in [0.15, 0.2) is 30.3 Å². The van der Waals surface area contributed by atoms with Gasteiger partial charge in [-0.05, 0) is 5.56 Å². The molecule has 0 aromatic heterocycles. The summed E-state index contributed by atoms with van der Waals surface area (Å²) in [6, 6.07) is 8.26. The summed E-state index contributed by atoms with van der Waals surface area (Å²) in [5.74, 6) is -1.21. The van der Waals surface area contributed by atoms with Gasteiger partial charge in [-0.15, -0.1) is 0 Å². The lowest BCUT2D eigenvalue weighted by molar-refractivity contribution is -0.174. The van der Waals surface area contributed by atoms with Crippen LogP contribution in [0.3, 0.4) is 0 Å². The highest BCUT2D eigenvalue weighted by molar-refractivity contribution is 8.13. The van der Waals surface area contributed by atoms with Crippen molar-refractivity contribution in [3.05, 3.63) is 35.9 Å². The highest BCUT2D eigenvalue weighted by atomic mass is 35.7. The summed E-state index contributed by atoms with van der Waals surface area (Å²) in [6.07, 6.45) is -4.44. The Morgan fingerprint density at radius 3 is 2.26 bits per heavy atom. The molecule has 0 amide bonds. The largest absolute Gasteiger partial charge is 0.411 e. The molecule has 1 aromatic carbocycles. The maximum atomic E-state index is 12.0. The minimum Gasteiger partial charge on any atom is -0.371 e. The minimum atomic E-state index is -4.44. The first-order chi connectivity index (χ1) is 8.67. The van der Waals surface area contributed by atoms with Crippen LogP contribution < -0.4 is 0 Å². The van der Waals surface area contributed by atoms with E-state index in [0.29, 0.717) is 5.56 Å². The zero-order valence-corrected chi connectivity index (χ0v) is 11.3. The van der Waals surface area contributed by atoms with E-state index in [1.807, 2.05) is 0 Å². The molecule has 8 heteroatoms. The van der Waals surface area contributed by atoms with Crippen molar-refractivity contribution in [3.63, 3.8) is 0 Å². The molecule has 0 radical (unpaired) electrons. The molecule has 0 saturated heterocycles. The van der Waals surface area contributed by atoms with Gasteiger partial charge in [0.1, 0.15) is 6.61 Å². The van der Waals surface area contributed by atoms with E-state index < -0.39 is 33.5 Å². The summed E-state index contributed by atoms with van der Waals surface area (Å²) in [7, 11) is 1.31. The number of rotatable bonds is 6. The van der Waals surface area contributed by atoms with Crippen molar-refractivity contribution < 1.29 is 26.3 Å². The van der Waals surface area contributed by atoms with Crippen molar-refractivity contribution >= 4 is 19.7 Å². The second-order valence-corrected chi connectivity index (χ2v) is 6.77. The molecular weight excluding hydrogens is 305 g/mol. The normalized spacial score (nSPS) is 14.3. The molecule has 0 N–H and O–H groups in total. The van der Waals surface area contributed by atoms with Gasteiger partial charge in [0.05, 0.1) is 12.4 Å². The fourth-order valence-electron chi connectivity index (χ4n) is 1.52. The van der Waals surface area contributed by atoms with Gasteiger partial charge < -0.3 is 4.74 Å². The molecule has 0 fully saturated rings. The van der Waals surface area contributed by atoms with Crippen molar-refractivity contribution in [2.75, 3.05) is 19.0 Å². The third-order valence-corrected chi connectivity index (χ3v) is 3.43. The summed E-state index contributed by atoms with van der Waals surface area (Å²) >= 11 is 0. The van der Waals surface area contributed by atoms with Crippen LogP contribution in [0.2, 0.25) is 0 Å². The molecule has 0 saturated carbocycles. The highest BCUT2D eigenvalue weighted by Gasteiger charge is 2.28. The Morgan fingerprint density at radius 2 is 1.79 bits per heavy atom. The average molecular weight is 317 g/mol. The topological polar surface area (TPSA) is 43.4 Å². The van der Waals surface area contributed by atoms with Crippen LogP contribution in [0.1, 0.15) is 11.5 Å². The van der Waals surface area contributed by atoms with Gasteiger partial charge in [0.15, 0.2) is 0 Å². The third-order valence-electron chi connectivity index (χ3n) is 2.26. The second kappa shape index (κ2) is 6.58. The lowest BCUT2D eigenvalue weighted by atomic mass is 10.0. The van der Waals surface area contributed by atoms with E-state index in [1.165, 1.54) is 0 Å². The smallest absolute Gasteiger partial charge is 0.371 e. The Bertz CT molecular complexity index is 488. The maximum absolute atomic E-state index is 12.0. The van der Waals surface area contributed by atoms with E-state index >= 15 is 0 Å². The molecule has 3 nitrogen and oxygen atoms in total. The zero-order chi connectivity index (χ0) is 14.5. The standard InChI is InChI=1S/C11H12ClF3O3S/c12-19(16,17)7-10(6-18-8-11(13,14)15)9-4-2-1-3-5-9/h1-5,10H,6-8H2. The van der Waals surface area contributed by atoms with Crippen molar-refractivity contribution in [1.29, 1.82) is 0 Å². The van der Waals surface area contributed by atoms with Gasteiger partial charge in [0.25, 0.3) is 0 Å². The quantitative estimate of drug-likeness (QED) is 0.758. The molecular formula is C11H12ClF3O3S. The molecule has 1 rings (SSSR count). The Balaban J connectivity index is 2.71. The fourth-order valence-corrected chi connectivity index (χ4v) is 2.75. The number of hydrogen-bond acceptors (Lipinski definition) is 3. The van der Waals surface area contributed by atoms with E-state index in [9.17, 15) is 21.6 Å². The van der Waals surface area contributed by atoms with Crippen LogP contribution in [0, 0.1) is 0 Å². The fraction of sp³-hybridized carbons (Fsp3) is 0.455. The summed E-state index contributed by atoms with van der Waals surface area (Å²) in [5.41, 5.74) is 0.564. The van der Waals surface area contributed by atoms with Crippen molar-refractivity contribution in [2.45, 2.75) is 12.1 Å². The maximum Gasteiger partial charge on any atom is 0.411 e. The van der Waals surface area contributed by atoms with Crippen LogP contribution in [0.25, 0.3) is 0 Å². The number of benzene rings is 1. The lowest BCUT2D eigenvalue weighted by Crippen LogP contribution is -2.22. The van der Waals surface area contributed by atoms with Crippen LogP contribution in [-0.2, 0) is 13.8 Å². The lowest BCUT2D eigenvalue weighted by Gasteiger charge is -2.16. The average Bonchev–Trinajstić information content (AvgIpc) is 2.25. The monoisotopic (exact) mass is 316 g/mol. The number of ether oxygens (including phenoxy) is 1. The molecule has 108 valence electrons. The van der Waals surface area contributed by atoms with Gasteiger partial charge in [-0.2, -0.15) is 13.2 Å². The van der Waals surface area contributed by atoms with Crippen LogP contribution >= 0.6 is 10.7 Å². The molecule has 1 unspecified atom stereocenters. The van der Waals surface area contributed by atoms with Gasteiger partial charge in [-0.3, -0.25) is 0 Å². The second-order valence-electron chi connectivity index (χ2n) is 3.94. The van der Waals surface area contributed by atoms with Crippen molar-refractivity contribution in [2.24, 2.45) is 0 Å². The predicted octanol–water partition coefficient (Wildman–Crippen LogP) is 2.92. The molecule has 0 bridgehead atoms. The summed E-state index contributed by atoms with van der Waals surface area (Å²) in [4.78, 5) is 0. The van der Waals surface area contributed by atoms with E-state index in [0.717, 1.165) is 0 Å². The van der Waals surface area contributed by atoms with Gasteiger partial charge >= 0.3 is 6.18 Å². The van der Waals surface area contributed by atoms with E-state index in [4.69, 9.17) is 10.7 Å². The highest BCUT2D eigenvalue weighted by Crippen LogP contribution is 2.22. The van der Waals surface area contributed by atoms with Crippen LogP contribution in [0.5, 0.6) is 0 Å². The number of hydrogen-bond donors (Lipinski definition) is 0. The first-order valence-corrected chi connectivity index (χ1v) is 7.77. The summed E-state index contributed by atoms with van der Waals surface area (Å²) in [6.45, 7) is -1.78. The van der Waals surface area contributed by atoms with E-state index in [1.54, 1.807) is 30.3 Å². The summed E-state index contributed by atoms with van der Waals surface area (Å²) in [5, 5.41) is 0. The molecule has 0 heterocycles. The minimum absolute atomic E-state index is 0.366.